The third kappa shape index (κ3) is 11.5. The molecule has 58 heavy (non-hydrogen) atoms. The summed E-state index contributed by atoms with van der Waals surface area (Å²) in [7, 11) is 0. The van der Waals surface area contributed by atoms with Crippen LogP contribution < -0.4 is 62.5 Å². The van der Waals surface area contributed by atoms with E-state index in [2.05, 4.69) is 32.0 Å². The minimum Gasteiger partial charge on any atom is -0.512 e. The van der Waals surface area contributed by atoms with Gasteiger partial charge in [-0.25, -0.2) is 9.97 Å². The van der Waals surface area contributed by atoms with Crippen molar-refractivity contribution in [3.05, 3.63) is 158 Å². The zero-order chi connectivity index (χ0) is 42.2. The van der Waals surface area contributed by atoms with Crippen LogP contribution in [0.1, 0.15) is 72.3 Å². The second-order valence-electron chi connectivity index (χ2n) is 13.6. The van der Waals surface area contributed by atoms with Crippen LogP contribution in [0.5, 0.6) is 0 Å². The number of fused-ring (bicyclic) bond motifs is 2. The van der Waals surface area contributed by atoms with Crippen molar-refractivity contribution in [2.75, 3.05) is 0 Å². The Bertz CT molecular complexity index is 2520. The molecule has 2 unspecified atom stereocenters. The summed E-state index contributed by atoms with van der Waals surface area (Å²) in [5, 5.41) is 16.1. The number of rotatable bonds is 8. The number of hydrogen-bond donors (Lipinski definition) is 0. The Labute approximate surface area is 381 Å². The van der Waals surface area contributed by atoms with Gasteiger partial charge in [-0.1, -0.05) is 104 Å². The molecule has 0 N–H and O–H groups in total. The van der Waals surface area contributed by atoms with E-state index in [0.717, 1.165) is 41.5 Å². The first-order valence-corrected chi connectivity index (χ1v) is 18.4. The predicted octanol–water partition coefficient (Wildman–Crippen LogP) is 7.38. The second kappa shape index (κ2) is 20.7. The van der Waals surface area contributed by atoms with Crippen LogP contribution in [0.15, 0.2) is 107 Å². The molecule has 16 heteroatoms. The Hall–Kier alpha value is -4.16. The average Bonchev–Trinajstić information content (AvgIpc) is 3.18. The number of aromatic nitrogens is 4. The number of nitriles is 1. The molecule has 0 aliphatic carbocycles. The standard InChI is InChI=1S/C21H18F3N3O.C20H18BrF3N2O.CN.K/c1-13(2)17(11-25)19-26-18-10-15(21(22,23)24)8-9-16(18)20(28)27(19)12-14-6-4-3-5-7-14;1-12(2)17(21)18-25-16-10-14(20(22,23)24)8-9-15(16)19(27)26(18)11-13-6-4-3-5-7-13;1-2;/h3-10,13,17H,12H2,1-2H3;3-10,12,17H,11H2,1-2H3;;/q;;-1;+1. The molecule has 0 saturated heterocycles. The summed E-state index contributed by atoms with van der Waals surface area (Å²) in [6, 6.07) is 26.7. The third-order valence-electron chi connectivity index (χ3n) is 8.91. The Balaban J connectivity index is 0.000000293. The van der Waals surface area contributed by atoms with Crippen LogP contribution >= 0.6 is 15.9 Å². The SMILES string of the molecule is CC(C)C(Br)c1nc2cc(C(F)(F)F)ccc2c(=O)n1Cc1ccccc1.CC(C)C(C#N)c1nc2cc(C(F)(F)F)ccc2c(=O)n1Cc1ccccc1.[C-]#N.[K+]. The first-order valence-electron chi connectivity index (χ1n) is 17.5. The van der Waals surface area contributed by atoms with E-state index in [1.54, 1.807) is 0 Å². The fourth-order valence-electron chi connectivity index (χ4n) is 5.92. The van der Waals surface area contributed by atoms with Crippen molar-refractivity contribution in [2.45, 2.75) is 63.9 Å². The second-order valence-corrected chi connectivity index (χ2v) is 14.6. The minimum absolute atomic E-state index is 0. The number of benzene rings is 4. The maximum atomic E-state index is 13.1. The maximum Gasteiger partial charge on any atom is 1.00 e. The van der Waals surface area contributed by atoms with E-state index in [1.807, 2.05) is 88.4 Å². The van der Waals surface area contributed by atoms with Gasteiger partial charge in [0.05, 0.1) is 56.9 Å². The largest absolute Gasteiger partial charge is 1.00 e. The molecule has 6 rings (SSSR count). The molecule has 0 aliphatic heterocycles. The first kappa shape index (κ1) is 48.2. The van der Waals surface area contributed by atoms with Crippen LogP contribution in [0.25, 0.3) is 21.8 Å². The van der Waals surface area contributed by atoms with Gasteiger partial charge in [-0.15, -0.1) is 0 Å². The van der Waals surface area contributed by atoms with Crippen LogP contribution in [-0.2, 0) is 25.4 Å². The molecule has 0 saturated carbocycles. The van der Waals surface area contributed by atoms with Gasteiger partial charge in [0.25, 0.3) is 11.1 Å². The fraction of sp³-hybridized carbons (Fsp3) is 0.286. The molecular weight excluding hydrogens is 853 g/mol. The molecule has 296 valence electrons. The normalized spacial score (nSPS) is 12.4. The zero-order valence-electron chi connectivity index (χ0n) is 32.1. The first-order chi connectivity index (χ1) is 26.9. The van der Waals surface area contributed by atoms with Crippen molar-refractivity contribution in [3.8, 4) is 6.07 Å². The molecule has 0 fully saturated rings. The van der Waals surface area contributed by atoms with Crippen LogP contribution in [0, 0.1) is 35.0 Å². The van der Waals surface area contributed by atoms with Crippen molar-refractivity contribution in [2.24, 2.45) is 11.8 Å². The van der Waals surface area contributed by atoms with Gasteiger partial charge in [-0.3, -0.25) is 18.7 Å². The molecule has 0 spiro atoms. The molecule has 4 aromatic carbocycles. The summed E-state index contributed by atoms with van der Waals surface area (Å²) < 4.78 is 81.3. The minimum atomic E-state index is -4.54. The van der Waals surface area contributed by atoms with E-state index in [4.69, 9.17) is 11.8 Å². The van der Waals surface area contributed by atoms with Crippen LogP contribution in [-0.4, -0.2) is 19.1 Å². The van der Waals surface area contributed by atoms with Crippen molar-refractivity contribution in [1.29, 1.82) is 10.5 Å². The van der Waals surface area contributed by atoms with Crippen LogP contribution in [0.3, 0.4) is 0 Å². The molecule has 0 amide bonds. The van der Waals surface area contributed by atoms with Gasteiger partial charge < -0.3 is 11.8 Å². The summed E-state index contributed by atoms with van der Waals surface area (Å²) in [6.45, 7) is 12.8. The summed E-state index contributed by atoms with van der Waals surface area (Å²) >= 11 is 3.55. The van der Waals surface area contributed by atoms with E-state index < -0.39 is 35.0 Å². The maximum absolute atomic E-state index is 13.1. The van der Waals surface area contributed by atoms with Crippen molar-refractivity contribution < 1.29 is 77.7 Å². The van der Waals surface area contributed by atoms with Gasteiger partial charge in [0.2, 0.25) is 0 Å². The quantitative estimate of drug-likeness (QED) is 0.0682. The molecule has 2 aromatic heterocycles. The molecule has 2 heterocycles. The topological polar surface area (TPSA) is 117 Å². The third-order valence-corrected chi connectivity index (χ3v) is 10.4. The monoisotopic (exact) mass is 888 g/mol. The van der Waals surface area contributed by atoms with Gasteiger partial charge >= 0.3 is 63.7 Å². The number of hydrogen-bond acceptors (Lipinski definition) is 6. The van der Waals surface area contributed by atoms with E-state index in [9.17, 15) is 41.2 Å². The molecule has 2 atom stereocenters. The summed E-state index contributed by atoms with van der Waals surface area (Å²) in [4.78, 5) is 34.7. The fourth-order valence-corrected chi connectivity index (χ4v) is 6.27. The summed E-state index contributed by atoms with van der Waals surface area (Å²) in [6.07, 6.45) is -9.03. The van der Waals surface area contributed by atoms with E-state index >= 15 is 0 Å². The van der Waals surface area contributed by atoms with Gasteiger partial charge in [-0.05, 0) is 59.4 Å². The van der Waals surface area contributed by atoms with Gasteiger partial charge in [0, 0.05) is 0 Å². The Morgan fingerprint density at radius 2 is 1.03 bits per heavy atom. The molecular formula is C42H36BrF6KN6O2. The molecule has 8 nitrogen and oxygen atoms in total. The van der Waals surface area contributed by atoms with Crippen molar-refractivity contribution in [1.82, 2.24) is 19.1 Å². The van der Waals surface area contributed by atoms with Crippen LogP contribution in [0.2, 0.25) is 0 Å². The Morgan fingerprint density at radius 1 is 0.655 bits per heavy atom. The molecule has 0 aliphatic rings. The number of halogens is 7. The van der Waals surface area contributed by atoms with Crippen LogP contribution in [0.4, 0.5) is 26.3 Å². The average molecular weight is 890 g/mol. The summed E-state index contributed by atoms with van der Waals surface area (Å²) in [5.74, 6) is -0.191. The van der Waals surface area contributed by atoms with Crippen molar-refractivity contribution in [3.63, 3.8) is 0 Å². The Morgan fingerprint density at radius 3 is 1.38 bits per heavy atom. The summed E-state index contributed by atoms with van der Waals surface area (Å²) in [5.41, 5.74) is -0.756. The van der Waals surface area contributed by atoms with E-state index in [-0.39, 0.29) is 108 Å². The molecule has 0 bridgehead atoms. The van der Waals surface area contributed by atoms with Crippen molar-refractivity contribution >= 4 is 37.7 Å². The van der Waals surface area contributed by atoms with Gasteiger partial charge in [-0.2, -0.15) is 31.6 Å². The number of nitrogens with zero attached hydrogens (tertiary/aromatic N) is 6. The van der Waals surface area contributed by atoms with Gasteiger partial charge in [0.15, 0.2) is 0 Å². The molecule has 0 radical (unpaired) electrons. The Kier molecular flexibility index (Phi) is 17.2. The van der Waals surface area contributed by atoms with Gasteiger partial charge in [0.1, 0.15) is 17.6 Å². The smallest absolute Gasteiger partial charge is 0.512 e. The van der Waals surface area contributed by atoms with E-state index in [1.165, 1.54) is 15.2 Å². The zero-order valence-corrected chi connectivity index (χ0v) is 36.8. The number of alkyl halides is 7. The molecule has 6 aromatic rings. The van der Waals surface area contributed by atoms with E-state index in [0.29, 0.717) is 12.4 Å². The predicted molar refractivity (Wildman–Crippen MR) is 208 cm³/mol.